The van der Waals surface area contributed by atoms with Gasteiger partial charge in [0, 0.05) is 6.92 Å². The summed E-state index contributed by atoms with van der Waals surface area (Å²) in [6, 6.07) is 2.86. The van der Waals surface area contributed by atoms with Crippen LogP contribution in [0.2, 0.25) is 0 Å². The van der Waals surface area contributed by atoms with E-state index in [9.17, 15) is 23.2 Å². The Balaban J connectivity index is 0.000000596. The van der Waals surface area contributed by atoms with E-state index in [1.165, 1.54) is 6.92 Å². The standard InChI is InChI=1S/C14H12F2N4O3.C2H5NO/c15-7-1-2-9(16)8(5-7)11-19-10(23-20-11)6-18-13(22)14(3-4-14)12(17)21;1-2(3)4/h1-2,5H,3-4,6H2,(H2,17,21)(H,18,22);1H3,(H2,3,4). The van der Waals surface area contributed by atoms with Crippen LogP contribution in [0.15, 0.2) is 22.7 Å². The number of primary amides is 2. The van der Waals surface area contributed by atoms with Gasteiger partial charge in [-0.15, -0.1) is 0 Å². The monoisotopic (exact) mass is 381 g/mol. The SMILES string of the molecule is CC(N)=O.NC(=O)C1(C(=O)NCc2nc(-c3cc(F)ccc3F)no2)CC1. The molecule has 144 valence electrons. The minimum atomic E-state index is -1.16. The zero-order valence-electron chi connectivity index (χ0n) is 14.3. The van der Waals surface area contributed by atoms with Gasteiger partial charge in [0.2, 0.25) is 29.4 Å². The van der Waals surface area contributed by atoms with Gasteiger partial charge in [0.1, 0.15) is 17.0 Å². The van der Waals surface area contributed by atoms with Crippen LogP contribution in [0, 0.1) is 17.0 Å². The molecule has 1 aromatic heterocycles. The number of carbonyl (C=O) groups is 3. The van der Waals surface area contributed by atoms with Crippen LogP contribution in [-0.2, 0) is 20.9 Å². The summed E-state index contributed by atoms with van der Waals surface area (Å²) in [4.78, 5) is 36.2. The zero-order chi connectivity index (χ0) is 20.2. The first-order valence-electron chi connectivity index (χ1n) is 7.78. The quantitative estimate of drug-likeness (QED) is 0.637. The fourth-order valence-electron chi connectivity index (χ4n) is 2.14. The predicted octanol–water partition coefficient (Wildman–Crippen LogP) is 0.388. The number of nitrogens with two attached hydrogens (primary N) is 2. The highest BCUT2D eigenvalue weighted by Crippen LogP contribution is 2.45. The number of rotatable bonds is 5. The molecule has 3 amide bonds. The van der Waals surface area contributed by atoms with Crippen LogP contribution in [0.3, 0.4) is 0 Å². The van der Waals surface area contributed by atoms with Gasteiger partial charge in [-0.25, -0.2) is 8.78 Å². The van der Waals surface area contributed by atoms with Crippen LogP contribution in [0.1, 0.15) is 25.7 Å². The lowest BCUT2D eigenvalue weighted by atomic mass is 10.1. The van der Waals surface area contributed by atoms with Gasteiger partial charge in [0.25, 0.3) is 0 Å². The third kappa shape index (κ3) is 4.84. The van der Waals surface area contributed by atoms with Gasteiger partial charge in [-0.1, -0.05) is 5.16 Å². The van der Waals surface area contributed by atoms with Crippen LogP contribution in [-0.4, -0.2) is 27.9 Å². The summed E-state index contributed by atoms with van der Waals surface area (Å²) in [5.74, 6) is -3.00. The summed E-state index contributed by atoms with van der Waals surface area (Å²) in [6.07, 6.45) is 0.801. The molecule has 1 fully saturated rings. The number of carbonyl (C=O) groups excluding carboxylic acids is 3. The van der Waals surface area contributed by atoms with Gasteiger partial charge in [-0.3, -0.25) is 14.4 Å². The maximum absolute atomic E-state index is 13.6. The van der Waals surface area contributed by atoms with E-state index in [1.807, 2.05) is 0 Å². The second kappa shape index (κ2) is 7.89. The predicted molar refractivity (Wildman–Crippen MR) is 87.2 cm³/mol. The molecule has 0 unspecified atom stereocenters. The summed E-state index contributed by atoms with van der Waals surface area (Å²) in [6.45, 7) is 1.16. The van der Waals surface area contributed by atoms with E-state index in [1.54, 1.807) is 0 Å². The van der Waals surface area contributed by atoms with E-state index >= 15 is 0 Å². The van der Waals surface area contributed by atoms with Gasteiger partial charge in [0.05, 0.1) is 12.1 Å². The molecule has 1 aromatic carbocycles. The van der Waals surface area contributed by atoms with E-state index in [-0.39, 0.29) is 29.7 Å². The maximum Gasteiger partial charge on any atom is 0.246 e. The summed E-state index contributed by atoms with van der Waals surface area (Å²) in [5, 5.41) is 6.01. The van der Waals surface area contributed by atoms with Crippen molar-refractivity contribution in [3.05, 3.63) is 35.7 Å². The van der Waals surface area contributed by atoms with Crippen LogP contribution in [0.25, 0.3) is 11.4 Å². The molecule has 5 N–H and O–H groups in total. The second-order valence-corrected chi connectivity index (χ2v) is 5.88. The van der Waals surface area contributed by atoms with Crippen molar-refractivity contribution >= 4 is 17.7 Å². The minimum Gasteiger partial charge on any atom is -0.370 e. The molecular weight excluding hydrogens is 364 g/mol. The number of nitrogens with zero attached hydrogens (tertiary/aromatic N) is 2. The van der Waals surface area contributed by atoms with Crippen LogP contribution in [0.4, 0.5) is 8.78 Å². The van der Waals surface area contributed by atoms with Gasteiger partial charge in [-0.2, -0.15) is 4.98 Å². The van der Waals surface area contributed by atoms with Crippen molar-refractivity contribution in [2.75, 3.05) is 0 Å². The molecule has 3 rings (SSSR count). The summed E-state index contributed by atoms with van der Waals surface area (Å²) in [5.41, 5.74) is 8.35. The van der Waals surface area contributed by atoms with Crippen molar-refractivity contribution in [2.45, 2.75) is 26.3 Å². The van der Waals surface area contributed by atoms with Crippen molar-refractivity contribution in [1.29, 1.82) is 0 Å². The molecular formula is C16H17F2N5O4. The molecule has 0 bridgehead atoms. The van der Waals surface area contributed by atoms with Gasteiger partial charge >= 0.3 is 0 Å². The number of amides is 3. The molecule has 0 atom stereocenters. The molecule has 0 radical (unpaired) electrons. The average Bonchev–Trinajstić information content (AvgIpc) is 3.28. The zero-order valence-corrected chi connectivity index (χ0v) is 14.3. The second-order valence-electron chi connectivity index (χ2n) is 5.88. The van der Waals surface area contributed by atoms with Crippen LogP contribution in [0.5, 0.6) is 0 Å². The van der Waals surface area contributed by atoms with Crippen molar-refractivity contribution in [2.24, 2.45) is 16.9 Å². The van der Waals surface area contributed by atoms with Crippen LogP contribution >= 0.6 is 0 Å². The number of hydrogen-bond acceptors (Lipinski definition) is 6. The Bertz CT molecular complexity index is 875. The van der Waals surface area contributed by atoms with Crippen LogP contribution < -0.4 is 16.8 Å². The van der Waals surface area contributed by atoms with Crippen molar-refractivity contribution in [3.8, 4) is 11.4 Å². The normalized spacial score (nSPS) is 13.9. The molecule has 0 saturated heterocycles. The Kier molecular flexibility index (Phi) is 5.83. The number of halogens is 2. The van der Waals surface area contributed by atoms with Crippen molar-refractivity contribution in [3.63, 3.8) is 0 Å². The number of aromatic nitrogens is 2. The highest BCUT2D eigenvalue weighted by molar-refractivity contribution is 6.07. The maximum atomic E-state index is 13.6. The summed E-state index contributed by atoms with van der Waals surface area (Å²) >= 11 is 0. The molecule has 0 aliphatic heterocycles. The van der Waals surface area contributed by atoms with E-state index in [2.05, 4.69) is 21.2 Å². The first kappa shape index (κ1) is 19.9. The Hall–Kier alpha value is -3.37. The fraction of sp³-hybridized carbons (Fsp3) is 0.312. The molecule has 1 heterocycles. The molecule has 0 spiro atoms. The van der Waals surface area contributed by atoms with Crippen molar-refractivity contribution < 1.29 is 27.7 Å². The first-order valence-corrected chi connectivity index (χ1v) is 7.78. The third-order valence-corrected chi connectivity index (χ3v) is 3.69. The lowest BCUT2D eigenvalue weighted by Crippen LogP contribution is -2.40. The number of benzene rings is 1. The topological polar surface area (TPSA) is 154 Å². The number of hydrogen-bond donors (Lipinski definition) is 3. The largest absolute Gasteiger partial charge is 0.370 e. The third-order valence-electron chi connectivity index (χ3n) is 3.69. The van der Waals surface area contributed by atoms with E-state index in [0.717, 1.165) is 18.2 Å². The van der Waals surface area contributed by atoms with E-state index in [4.69, 9.17) is 10.3 Å². The highest BCUT2D eigenvalue weighted by Gasteiger charge is 2.55. The number of nitrogens with one attached hydrogen (secondary N) is 1. The van der Waals surface area contributed by atoms with Gasteiger partial charge < -0.3 is 21.3 Å². The first-order chi connectivity index (χ1) is 12.7. The van der Waals surface area contributed by atoms with E-state index < -0.39 is 28.9 Å². The lowest BCUT2D eigenvalue weighted by molar-refractivity contribution is -0.135. The average molecular weight is 381 g/mol. The smallest absolute Gasteiger partial charge is 0.246 e. The molecule has 1 aliphatic carbocycles. The van der Waals surface area contributed by atoms with Crippen molar-refractivity contribution in [1.82, 2.24) is 15.5 Å². The summed E-state index contributed by atoms with van der Waals surface area (Å²) < 4.78 is 31.7. The Labute approximate surface area is 152 Å². The Morgan fingerprint density at radius 3 is 2.44 bits per heavy atom. The molecule has 9 nitrogen and oxygen atoms in total. The molecule has 11 heteroatoms. The highest BCUT2D eigenvalue weighted by atomic mass is 19.1. The minimum absolute atomic E-state index is 0.00252. The molecule has 1 saturated carbocycles. The van der Waals surface area contributed by atoms with Gasteiger partial charge in [-0.05, 0) is 31.0 Å². The molecule has 1 aliphatic rings. The Morgan fingerprint density at radius 2 is 1.89 bits per heavy atom. The fourth-order valence-corrected chi connectivity index (χ4v) is 2.14. The lowest BCUT2D eigenvalue weighted by Gasteiger charge is -2.09. The molecule has 27 heavy (non-hydrogen) atoms. The van der Waals surface area contributed by atoms with E-state index in [0.29, 0.717) is 12.8 Å². The molecule has 2 aromatic rings. The Morgan fingerprint density at radius 1 is 1.26 bits per heavy atom. The van der Waals surface area contributed by atoms with Gasteiger partial charge in [0.15, 0.2) is 0 Å². The summed E-state index contributed by atoms with van der Waals surface area (Å²) in [7, 11) is 0.